The molecule has 0 aliphatic carbocycles. The number of halogens is 3. The van der Waals surface area contributed by atoms with Gasteiger partial charge >= 0.3 is 6.18 Å². The first kappa shape index (κ1) is 24.1. The number of benzene rings is 2. The number of nitrogens with one attached hydrogen (secondary N) is 1. The summed E-state index contributed by atoms with van der Waals surface area (Å²) in [5.74, 6) is -0.203. The van der Waals surface area contributed by atoms with E-state index >= 15 is 0 Å². The highest BCUT2D eigenvalue weighted by molar-refractivity contribution is 7.90. The summed E-state index contributed by atoms with van der Waals surface area (Å²) in [6.07, 6.45) is -4.63. The maximum Gasteiger partial charge on any atom is 0.416 e. The number of amidine groups is 1. The molecule has 0 spiro atoms. The molecule has 0 aromatic heterocycles. The minimum atomic E-state index is -4.61. The zero-order valence-electron chi connectivity index (χ0n) is 18.8. The molecule has 1 N–H and O–H groups in total. The Balaban J connectivity index is 1.37. The van der Waals surface area contributed by atoms with E-state index in [1.54, 1.807) is 4.90 Å². The molecule has 1 amide bonds. The third-order valence-electron chi connectivity index (χ3n) is 6.00. The van der Waals surface area contributed by atoms with E-state index in [0.29, 0.717) is 32.2 Å². The Morgan fingerprint density at radius 1 is 1.06 bits per heavy atom. The largest absolute Gasteiger partial charge is 0.416 e. The molecule has 2 aliphatic heterocycles. The normalized spacial score (nSPS) is 17.6. The smallest absolute Gasteiger partial charge is 0.368 e. The summed E-state index contributed by atoms with van der Waals surface area (Å²) in [5.41, 5.74) is 2.35. The van der Waals surface area contributed by atoms with Crippen molar-refractivity contribution in [1.82, 2.24) is 4.90 Å². The molecular formula is C23H25F3N4O3S. The van der Waals surface area contributed by atoms with Crippen LogP contribution in [-0.4, -0.2) is 51.2 Å². The maximum absolute atomic E-state index is 13.0. The van der Waals surface area contributed by atoms with Crippen molar-refractivity contribution in [3.63, 3.8) is 0 Å². The predicted octanol–water partition coefficient (Wildman–Crippen LogP) is 3.96. The number of rotatable bonds is 4. The van der Waals surface area contributed by atoms with Crippen molar-refractivity contribution in [3.05, 3.63) is 53.1 Å². The molecule has 7 nitrogen and oxygen atoms in total. The lowest BCUT2D eigenvalue weighted by atomic mass is 10.1. The van der Waals surface area contributed by atoms with E-state index in [1.165, 1.54) is 11.1 Å². The fourth-order valence-corrected chi connectivity index (χ4v) is 5.40. The number of sulfonamides is 1. The van der Waals surface area contributed by atoms with Crippen molar-refractivity contribution in [1.29, 1.82) is 0 Å². The van der Waals surface area contributed by atoms with Crippen LogP contribution in [0.2, 0.25) is 0 Å². The molecule has 0 saturated carbocycles. The first-order chi connectivity index (χ1) is 15.9. The van der Waals surface area contributed by atoms with Crippen LogP contribution in [-0.2, 0) is 21.0 Å². The molecule has 0 radical (unpaired) electrons. The van der Waals surface area contributed by atoms with E-state index in [2.05, 4.69) is 39.7 Å². The fourth-order valence-electron chi connectivity index (χ4n) is 4.25. The number of carbonyl (C=O) groups excluding carboxylic acids is 1. The molecule has 11 heteroatoms. The molecule has 4 rings (SSSR count). The Bertz CT molecular complexity index is 1250. The van der Waals surface area contributed by atoms with Crippen LogP contribution in [0.3, 0.4) is 0 Å². The van der Waals surface area contributed by atoms with Gasteiger partial charge in [-0.15, -0.1) is 4.40 Å². The van der Waals surface area contributed by atoms with Crippen LogP contribution >= 0.6 is 0 Å². The molecule has 2 aromatic rings. The van der Waals surface area contributed by atoms with Crippen LogP contribution in [0.15, 0.2) is 45.7 Å². The minimum absolute atomic E-state index is 0.000786. The molecule has 0 atom stereocenters. The van der Waals surface area contributed by atoms with Gasteiger partial charge in [0, 0.05) is 44.7 Å². The minimum Gasteiger partial charge on any atom is -0.368 e. The van der Waals surface area contributed by atoms with E-state index in [0.717, 1.165) is 17.8 Å². The molecular weight excluding hydrogens is 469 g/mol. The van der Waals surface area contributed by atoms with Crippen molar-refractivity contribution in [2.45, 2.75) is 37.8 Å². The second-order valence-electron chi connectivity index (χ2n) is 8.50. The summed E-state index contributed by atoms with van der Waals surface area (Å²) >= 11 is 0. The molecule has 2 aromatic carbocycles. The highest BCUT2D eigenvalue weighted by atomic mass is 32.2. The zero-order valence-corrected chi connectivity index (χ0v) is 19.6. The van der Waals surface area contributed by atoms with E-state index in [9.17, 15) is 26.4 Å². The van der Waals surface area contributed by atoms with Gasteiger partial charge in [0.15, 0.2) is 0 Å². The SMILES string of the molecule is Cc1ccc(N2CCN(C(=O)CCC3=NS(=O)(=O)c4ccc(C(F)(F)F)cc4N3)CC2)c(C)c1. The van der Waals surface area contributed by atoms with Crippen molar-refractivity contribution in [2.24, 2.45) is 4.40 Å². The molecule has 2 aliphatic rings. The van der Waals surface area contributed by atoms with Gasteiger partial charge in [-0.1, -0.05) is 17.7 Å². The molecule has 2 heterocycles. The van der Waals surface area contributed by atoms with Crippen molar-refractivity contribution in [3.8, 4) is 0 Å². The number of anilines is 2. The number of hydrogen-bond donors (Lipinski definition) is 1. The molecule has 0 bridgehead atoms. The first-order valence-electron chi connectivity index (χ1n) is 10.9. The number of amides is 1. The maximum atomic E-state index is 13.0. The van der Waals surface area contributed by atoms with Crippen molar-refractivity contribution < 1.29 is 26.4 Å². The molecule has 1 fully saturated rings. The fraction of sp³-hybridized carbons (Fsp3) is 0.391. The number of nitrogens with zero attached hydrogens (tertiary/aromatic N) is 3. The topological polar surface area (TPSA) is 82.1 Å². The lowest BCUT2D eigenvalue weighted by Crippen LogP contribution is -2.49. The molecule has 0 unspecified atom stereocenters. The summed E-state index contributed by atoms with van der Waals surface area (Å²) in [6, 6.07) is 8.60. The van der Waals surface area contributed by atoms with Gasteiger partial charge in [-0.25, -0.2) is 0 Å². The average molecular weight is 495 g/mol. The van der Waals surface area contributed by atoms with Gasteiger partial charge in [0.1, 0.15) is 10.7 Å². The van der Waals surface area contributed by atoms with E-state index in [1.807, 2.05) is 6.92 Å². The number of hydrogen-bond acceptors (Lipinski definition) is 5. The average Bonchev–Trinajstić information content (AvgIpc) is 2.76. The van der Waals surface area contributed by atoms with E-state index in [4.69, 9.17) is 0 Å². The summed E-state index contributed by atoms with van der Waals surface area (Å²) in [4.78, 5) is 16.3. The lowest BCUT2D eigenvalue weighted by molar-refractivity contribution is -0.137. The van der Waals surface area contributed by atoms with Crippen molar-refractivity contribution in [2.75, 3.05) is 36.4 Å². The summed E-state index contributed by atoms with van der Waals surface area (Å²) in [5, 5.41) is 2.65. The van der Waals surface area contributed by atoms with Crippen LogP contribution in [0, 0.1) is 13.8 Å². The number of alkyl halides is 3. The second kappa shape index (κ2) is 8.94. The summed E-state index contributed by atoms with van der Waals surface area (Å²) < 4.78 is 67.5. The highest BCUT2D eigenvalue weighted by Gasteiger charge is 2.34. The summed E-state index contributed by atoms with van der Waals surface area (Å²) in [6.45, 7) is 6.51. The van der Waals surface area contributed by atoms with Crippen LogP contribution in [0.1, 0.15) is 29.5 Å². The lowest BCUT2D eigenvalue weighted by Gasteiger charge is -2.37. The quantitative estimate of drug-likeness (QED) is 0.696. The second-order valence-corrected chi connectivity index (χ2v) is 10.1. The van der Waals surface area contributed by atoms with Gasteiger partial charge in [-0.2, -0.15) is 21.6 Å². The van der Waals surface area contributed by atoms with Crippen LogP contribution in [0.5, 0.6) is 0 Å². The monoisotopic (exact) mass is 494 g/mol. The van der Waals surface area contributed by atoms with Gasteiger partial charge in [0.25, 0.3) is 10.0 Å². The van der Waals surface area contributed by atoms with Gasteiger partial charge in [-0.05, 0) is 43.7 Å². The predicted molar refractivity (Wildman–Crippen MR) is 124 cm³/mol. The highest BCUT2D eigenvalue weighted by Crippen LogP contribution is 2.35. The third kappa shape index (κ3) is 5.03. The Morgan fingerprint density at radius 3 is 2.41 bits per heavy atom. The van der Waals surface area contributed by atoms with Gasteiger partial charge in [0.05, 0.1) is 11.3 Å². The van der Waals surface area contributed by atoms with Crippen molar-refractivity contribution >= 4 is 33.1 Å². The summed E-state index contributed by atoms with van der Waals surface area (Å²) in [7, 11) is -4.14. The number of carbonyl (C=O) groups is 1. The standard InChI is InChI=1S/C23H25F3N4O3S/c1-15-3-5-19(16(2)13-15)29-9-11-30(12-10-29)22(31)8-7-21-27-18-14-17(23(24,25)26)4-6-20(18)34(32,33)28-21/h3-6,13-14H,7-12H2,1-2H3,(H,27,28). The Morgan fingerprint density at radius 2 is 1.76 bits per heavy atom. The molecule has 182 valence electrons. The molecule has 34 heavy (non-hydrogen) atoms. The molecule has 1 saturated heterocycles. The number of fused-ring (bicyclic) bond motifs is 1. The zero-order chi connectivity index (χ0) is 24.7. The van der Waals surface area contributed by atoms with Gasteiger partial charge in [-0.3, -0.25) is 4.79 Å². The number of piperazine rings is 1. The van der Waals surface area contributed by atoms with Gasteiger partial charge in [0.2, 0.25) is 5.91 Å². The van der Waals surface area contributed by atoms with E-state index < -0.39 is 21.8 Å². The third-order valence-corrected chi connectivity index (χ3v) is 7.37. The Kier molecular flexibility index (Phi) is 6.32. The number of aryl methyl sites for hydroxylation is 2. The van der Waals surface area contributed by atoms with Gasteiger partial charge < -0.3 is 15.1 Å². The van der Waals surface area contributed by atoms with Crippen LogP contribution in [0.4, 0.5) is 24.5 Å². The first-order valence-corrected chi connectivity index (χ1v) is 12.3. The van der Waals surface area contributed by atoms with Crippen LogP contribution in [0.25, 0.3) is 0 Å². The Labute approximate surface area is 196 Å². The van der Waals surface area contributed by atoms with E-state index in [-0.39, 0.29) is 35.2 Å². The van der Waals surface area contributed by atoms with Crippen LogP contribution < -0.4 is 10.2 Å². The Hall–Kier alpha value is -3.08.